The number of aromatic nitrogens is 1. The molecular formula is C18H31N5O2S. The number of thiazole rings is 1. The highest BCUT2D eigenvalue weighted by Gasteiger charge is 2.30. The number of aliphatic hydroxyl groups excluding tert-OH is 1. The van der Waals surface area contributed by atoms with Crippen molar-refractivity contribution >= 4 is 22.4 Å². The second-order valence-corrected chi connectivity index (χ2v) is 8.59. The number of aliphatic hydroxyl groups is 1. The molecule has 2 saturated heterocycles. The highest BCUT2D eigenvalue weighted by Crippen LogP contribution is 2.24. The van der Waals surface area contributed by atoms with Crippen LogP contribution >= 0.6 is 11.3 Å². The molecule has 1 amide bonds. The summed E-state index contributed by atoms with van der Waals surface area (Å²) in [6, 6.07) is 0.594. The van der Waals surface area contributed by atoms with E-state index in [1.54, 1.807) is 5.38 Å². The zero-order valence-electron chi connectivity index (χ0n) is 15.8. The molecule has 0 saturated carbocycles. The van der Waals surface area contributed by atoms with Crippen LogP contribution in [-0.2, 0) is 0 Å². The molecule has 0 spiro atoms. The summed E-state index contributed by atoms with van der Waals surface area (Å²) < 4.78 is 0. The standard InChI is InChI=1S/C18H31N5O2S/c1-13(2)22-9-7-21(8-10-22)11-16(24)14-3-5-23(6-4-14)17(25)15-12-26-18(19)20-15/h12-14,16,24H,3-11H2,1-2H3,(H2,19,20). The molecular weight excluding hydrogens is 350 g/mol. The molecule has 0 aromatic carbocycles. The van der Waals surface area contributed by atoms with Crippen LogP contribution in [0.4, 0.5) is 5.13 Å². The Morgan fingerprint density at radius 3 is 2.46 bits per heavy atom. The SMILES string of the molecule is CC(C)N1CCN(CC(O)C2CCN(C(=O)c3csc(N)n3)CC2)CC1. The Labute approximate surface area is 159 Å². The summed E-state index contributed by atoms with van der Waals surface area (Å²) in [6.07, 6.45) is 1.38. The molecule has 146 valence electrons. The number of hydrogen-bond acceptors (Lipinski definition) is 7. The molecule has 3 heterocycles. The minimum Gasteiger partial charge on any atom is -0.392 e. The summed E-state index contributed by atoms with van der Waals surface area (Å²) in [6.45, 7) is 10.8. The van der Waals surface area contributed by atoms with Crippen molar-refractivity contribution in [1.82, 2.24) is 19.7 Å². The largest absolute Gasteiger partial charge is 0.392 e. The fourth-order valence-corrected chi connectivity index (χ4v) is 4.45. The van der Waals surface area contributed by atoms with Crippen molar-refractivity contribution in [2.45, 2.75) is 38.8 Å². The second-order valence-electron chi connectivity index (χ2n) is 7.70. The van der Waals surface area contributed by atoms with Crippen LogP contribution in [0.25, 0.3) is 0 Å². The number of rotatable bonds is 5. The van der Waals surface area contributed by atoms with Gasteiger partial charge in [-0.3, -0.25) is 14.6 Å². The molecule has 7 nitrogen and oxygen atoms in total. The smallest absolute Gasteiger partial charge is 0.273 e. The van der Waals surface area contributed by atoms with Gasteiger partial charge in [0.15, 0.2) is 5.13 Å². The lowest BCUT2D eigenvalue weighted by atomic mass is 9.90. The van der Waals surface area contributed by atoms with E-state index in [-0.39, 0.29) is 17.9 Å². The van der Waals surface area contributed by atoms with Crippen molar-refractivity contribution in [1.29, 1.82) is 0 Å². The third kappa shape index (κ3) is 4.73. The van der Waals surface area contributed by atoms with Crippen molar-refractivity contribution in [3.05, 3.63) is 11.1 Å². The van der Waals surface area contributed by atoms with E-state index in [9.17, 15) is 9.90 Å². The summed E-state index contributed by atoms with van der Waals surface area (Å²) in [4.78, 5) is 23.2. The second kappa shape index (κ2) is 8.65. The number of piperazine rings is 1. The lowest BCUT2D eigenvalue weighted by molar-refractivity contribution is 0.0142. The van der Waals surface area contributed by atoms with Gasteiger partial charge in [-0.05, 0) is 32.6 Å². The zero-order chi connectivity index (χ0) is 18.7. The number of anilines is 1. The summed E-state index contributed by atoms with van der Waals surface area (Å²) >= 11 is 1.29. The monoisotopic (exact) mass is 381 g/mol. The van der Waals surface area contributed by atoms with Crippen molar-refractivity contribution in [3.8, 4) is 0 Å². The van der Waals surface area contributed by atoms with E-state index >= 15 is 0 Å². The number of carbonyl (C=O) groups is 1. The van der Waals surface area contributed by atoms with Crippen LogP contribution in [0.15, 0.2) is 5.38 Å². The quantitative estimate of drug-likeness (QED) is 0.790. The molecule has 0 radical (unpaired) electrons. The summed E-state index contributed by atoms with van der Waals surface area (Å²) in [7, 11) is 0. The van der Waals surface area contributed by atoms with Gasteiger partial charge in [0.1, 0.15) is 5.69 Å². The maximum absolute atomic E-state index is 12.4. The predicted molar refractivity (Wildman–Crippen MR) is 104 cm³/mol. The zero-order valence-corrected chi connectivity index (χ0v) is 16.6. The number of amides is 1. The lowest BCUT2D eigenvalue weighted by Gasteiger charge is -2.40. The Morgan fingerprint density at radius 1 is 1.27 bits per heavy atom. The Bertz CT molecular complexity index is 592. The van der Waals surface area contributed by atoms with Crippen molar-refractivity contribution in [2.75, 3.05) is 51.5 Å². The molecule has 0 bridgehead atoms. The Hall–Kier alpha value is -1.22. The number of piperidine rings is 1. The van der Waals surface area contributed by atoms with Crippen LogP contribution in [-0.4, -0.2) is 88.7 Å². The highest BCUT2D eigenvalue weighted by atomic mass is 32.1. The minimum absolute atomic E-state index is 0.0457. The molecule has 0 aliphatic carbocycles. The maximum Gasteiger partial charge on any atom is 0.273 e. The molecule has 8 heteroatoms. The molecule has 1 atom stereocenters. The summed E-state index contributed by atoms with van der Waals surface area (Å²) in [5, 5.41) is 12.8. The summed E-state index contributed by atoms with van der Waals surface area (Å²) in [5.41, 5.74) is 6.06. The van der Waals surface area contributed by atoms with Crippen LogP contribution in [0.1, 0.15) is 37.2 Å². The number of nitrogens with zero attached hydrogens (tertiary/aromatic N) is 4. The Kier molecular flexibility index (Phi) is 6.50. The van der Waals surface area contributed by atoms with Crippen LogP contribution < -0.4 is 5.73 Å². The van der Waals surface area contributed by atoms with Crippen molar-refractivity contribution in [3.63, 3.8) is 0 Å². The summed E-state index contributed by atoms with van der Waals surface area (Å²) in [5.74, 6) is 0.221. The molecule has 1 aromatic rings. The first-order chi connectivity index (χ1) is 12.4. The highest BCUT2D eigenvalue weighted by molar-refractivity contribution is 7.13. The molecule has 26 heavy (non-hydrogen) atoms. The van der Waals surface area contributed by atoms with E-state index in [0.717, 1.165) is 45.6 Å². The van der Waals surface area contributed by atoms with E-state index in [4.69, 9.17) is 5.73 Å². The maximum atomic E-state index is 12.4. The third-order valence-corrected chi connectivity index (χ3v) is 6.37. The predicted octanol–water partition coefficient (Wildman–Crippen LogP) is 0.964. The van der Waals surface area contributed by atoms with Gasteiger partial charge in [-0.1, -0.05) is 0 Å². The number of nitrogens with two attached hydrogens (primary N) is 1. The van der Waals surface area contributed by atoms with Crippen LogP contribution in [0.5, 0.6) is 0 Å². The van der Waals surface area contributed by atoms with E-state index in [2.05, 4.69) is 28.6 Å². The van der Waals surface area contributed by atoms with Gasteiger partial charge in [-0.2, -0.15) is 0 Å². The van der Waals surface area contributed by atoms with E-state index in [1.165, 1.54) is 11.3 Å². The van der Waals surface area contributed by atoms with Gasteiger partial charge < -0.3 is 15.7 Å². The average molecular weight is 382 g/mol. The topological polar surface area (TPSA) is 85.9 Å². The number of β-amino-alcohol motifs (C(OH)–C–C–N with tert-alkyl or cyclic N) is 1. The third-order valence-electron chi connectivity index (χ3n) is 5.69. The normalized spacial score (nSPS) is 22.1. The number of hydrogen-bond donors (Lipinski definition) is 2. The first-order valence-electron chi connectivity index (χ1n) is 9.58. The van der Waals surface area contributed by atoms with Crippen molar-refractivity contribution in [2.24, 2.45) is 5.92 Å². The van der Waals surface area contributed by atoms with Crippen molar-refractivity contribution < 1.29 is 9.90 Å². The molecule has 3 rings (SSSR count). The van der Waals surface area contributed by atoms with Gasteiger partial charge in [0.2, 0.25) is 0 Å². The Morgan fingerprint density at radius 2 is 1.92 bits per heavy atom. The Balaban J connectivity index is 1.42. The number of carbonyl (C=O) groups excluding carboxylic acids is 1. The van der Waals surface area contributed by atoms with E-state index in [1.807, 2.05) is 4.90 Å². The van der Waals surface area contributed by atoms with Gasteiger partial charge in [0.05, 0.1) is 6.10 Å². The van der Waals surface area contributed by atoms with E-state index < -0.39 is 0 Å². The van der Waals surface area contributed by atoms with Crippen LogP contribution in [0, 0.1) is 5.92 Å². The minimum atomic E-state index is -0.312. The van der Waals surface area contributed by atoms with Gasteiger partial charge in [-0.25, -0.2) is 4.98 Å². The number of nitrogen functional groups attached to an aromatic ring is 1. The van der Waals surface area contributed by atoms with Gasteiger partial charge in [0, 0.05) is 57.2 Å². The fraction of sp³-hybridized carbons (Fsp3) is 0.778. The number of likely N-dealkylation sites (tertiary alicyclic amines) is 1. The van der Waals surface area contributed by atoms with Gasteiger partial charge in [0.25, 0.3) is 5.91 Å². The van der Waals surface area contributed by atoms with Gasteiger partial charge >= 0.3 is 0 Å². The molecule has 3 N–H and O–H groups in total. The van der Waals surface area contributed by atoms with Crippen LogP contribution in [0.3, 0.4) is 0 Å². The van der Waals surface area contributed by atoms with E-state index in [0.29, 0.717) is 30.0 Å². The first kappa shape index (κ1) is 19.5. The molecule has 2 fully saturated rings. The lowest BCUT2D eigenvalue weighted by Crippen LogP contribution is -2.52. The van der Waals surface area contributed by atoms with Crippen LogP contribution in [0.2, 0.25) is 0 Å². The molecule has 2 aliphatic rings. The average Bonchev–Trinajstić information content (AvgIpc) is 3.08. The first-order valence-corrected chi connectivity index (χ1v) is 10.5. The fourth-order valence-electron chi connectivity index (χ4n) is 3.91. The van der Waals surface area contributed by atoms with Gasteiger partial charge in [-0.15, -0.1) is 11.3 Å². The molecule has 1 unspecified atom stereocenters. The molecule has 1 aromatic heterocycles. The molecule has 2 aliphatic heterocycles.